The van der Waals surface area contributed by atoms with E-state index in [0.29, 0.717) is 17.2 Å². The van der Waals surface area contributed by atoms with Gasteiger partial charge in [-0.25, -0.2) is 0 Å². The minimum absolute atomic E-state index is 0.194. The molecule has 6 nitrogen and oxygen atoms in total. The van der Waals surface area contributed by atoms with Gasteiger partial charge in [-0.1, -0.05) is 11.3 Å². The summed E-state index contributed by atoms with van der Waals surface area (Å²) in [5, 5.41) is 10.1. The zero-order valence-electron chi connectivity index (χ0n) is 10.1. The van der Waals surface area contributed by atoms with Crippen molar-refractivity contribution in [2.45, 2.75) is 0 Å². The summed E-state index contributed by atoms with van der Waals surface area (Å²) < 4.78 is 10.5. The summed E-state index contributed by atoms with van der Waals surface area (Å²) in [6.45, 7) is 0. The molecule has 0 spiro atoms. The fourth-order valence-corrected chi connectivity index (χ4v) is 2.12. The van der Waals surface area contributed by atoms with Crippen LogP contribution in [0.1, 0.15) is 9.80 Å². The van der Waals surface area contributed by atoms with Crippen LogP contribution < -0.4 is 14.8 Å². The highest BCUT2D eigenvalue weighted by Gasteiger charge is 2.13. The number of carbonyl (C=O) groups excluding carboxylic acids is 1. The number of carbonyl (C=O) groups is 1. The van der Waals surface area contributed by atoms with Crippen molar-refractivity contribution in [1.29, 1.82) is 0 Å². The molecule has 0 atom stereocenters. The molecule has 0 saturated heterocycles. The van der Waals surface area contributed by atoms with Gasteiger partial charge < -0.3 is 14.8 Å². The monoisotopic (exact) mass is 299 g/mol. The van der Waals surface area contributed by atoms with Crippen LogP contribution in [0.15, 0.2) is 18.2 Å². The Balaban J connectivity index is 2.17. The molecular weight excluding hydrogens is 290 g/mol. The van der Waals surface area contributed by atoms with Gasteiger partial charge in [0.2, 0.25) is 9.47 Å². The van der Waals surface area contributed by atoms with E-state index < -0.39 is 0 Å². The lowest BCUT2D eigenvalue weighted by atomic mass is 10.2. The molecule has 0 aliphatic carbocycles. The molecule has 0 fully saturated rings. The van der Waals surface area contributed by atoms with Crippen LogP contribution in [-0.4, -0.2) is 30.3 Å². The highest BCUT2D eigenvalue weighted by molar-refractivity contribution is 7.17. The first-order valence-electron chi connectivity index (χ1n) is 5.16. The summed E-state index contributed by atoms with van der Waals surface area (Å²) in [7, 11) is 3.06. The number of nitrogens with one attached hydrogen (secondary N) is 1. The number of halogens is 1. The van der Waals surface area contributed by atoms with Crippen molar-refractivity contribution in [3.05, 3.63) is 27.7 Å². The number of hydrogen-bond donors (Lipinski definition) is 1. The third kappa shape index (κ3) is 3.12. The Morgan fingerprint density at radius 2 is 2.00 bits per heavy atom. The molecule has 2 rings (SSSR count). The highest BCUT2D eigenvalue weighted by Crippen LogP contribution is 2.30. The summed E-state index contributed by atoms with van der Waals surface area (Å²) in [5.41, 5.74) is 0.564. The Kier molecular flexibility index (Phi) is 4.18. The molecule has 1 amide bonds. The number of aromatic nitrogens is 2. The van der Waals surface area contributed by atoms with Crippen molar-refractivity contribution < 1.29 is 14.3 Å². The Morgan fingerprint density at radius 1 is 1.26 bits per heavy atom. The maximum absolute atomic E-state index is 11.8. The van der Waals surface area contributed by atoms with Gasteiger partial charge in [-0.15, -0.1) is 10.2 Å². The zero-order chi connectivity index (χ0) is 13.8. The smallest absolute Gasteiger partial charge is 0.286 e. The number of benzene rings is 1. The van der Waals surface area contributed by atoms with Crippen molar-refractivity contribution in [3.8, 4) is 11.5 Å². The first-order chi connectivity index (χ1) is 9.13. The average molecular weight is 300 g/mol. The largest absolute Gasteiger partial charge is 0.493 e. The van der Waals surface area contributed by atoms with E-state index >= 15 is 0 Å². The van der Waals surface area contributed by atoms with Crippen LogP contribution in [0.5, 0.6) is 11.5 Å². The van der Waals surface area contributed by atoms with Crippen LogP contribution in [0.25, 0.3) is 0 Å². The minimum atomic E-state index is -0.378. The molecule has 1 heterocycles. The molecule has 0 aliphatic heterocycles. The van der Waals surface area contributed by atoms with E-state index in [1.54, 1.807) is 25.3 Å². The van der Waals surface area contributed by atoms with E-state index in [2.05, 4.69) is 15.5 Å². The van der Waals surface area contributed by atoms with Gasteiger partial charge in [0.25, 0.3) is 5.91 Å². The quantitative estimate of drug-likeness (QED) is 0.939. The van der Waals surface area contributed by atoms with Crippen molar-refractivity contribution in [1.82, 2.24) is 10.2 Å². The number of ether oxygens (including phenoxy) is 2. The zero-order valence-corrected chi connectivity index (χ0v) is 11.7. The second-order valence-corrected chi connectivity index (χ2v) is 4.94. The molecule has 100 valence electrons. The van der Waals surface area contributed by atoms with Crippen LogP contribution >= 0.6 is 22.9 Å². The molecule has 1 N–H and O–H groups in total. The van der Waals surface area contributed by atoms with Crippen molar-refractivity contribution in [3.63, 3.8) is 0 Å². The summed E-state index contributed by atoms with van der Waals surface area (Å²) in [6, 6.07) is 5.04. The lowest BCUT2D eigenvalue weighted by Gasteiger charge is -2.09. The van der Waals surface area contributed by atoms with Gasteiger partial charge in [-0.2, -0.15) is 0 Å². The van der Waals surface area contributed by atoms with E-state index in [-0.39, 0.29) is 15.4 Å². The topological polar surface area (TPSA) is 73.3 Å². The van der Waals surface area contributed by atoms with E-state index in [1.807, 2.05) is 0 Å². The third-order valence-corrected chi connectivity index (χ3v) is 3.25. The lowest BCUT2D eigenvalue weighted by molar-refractivity contribution is 0.102. The standard InChI is InChI=1S/C11H10ClN3O3S/c1-17-7-4-3-6(5-8(7)18-2)13-9(16)10-14-15-11(12)19-10/h3-5H,1-2H3,(H,13,16). The predicted molar refractivity (Wildman–Crippen MR) is 72.4 cm³/mol. The molecule has 8 heteroatoms. The normalized spacial score (nSPS) is 10.1. The van der Waals surface area contributed by atoms with Crippen LogP contribution in [0, 0.1) is 0 Å². The van der Waals surface area contributed by atoms with Crippen LogP contribution in [0.2, 0.25) is 4.47 Å². The molecular formula is C11H10ClN3O3S. The molecule has 0 unspecified atom stereocenters. The van der Waals surface area contributed by atoms with Crippen molar-refractivity contribution >= 4 is 34.5 Å². The van der Waals surface area contributed by atoms with Crippen molar-refractivity contribution in [2.75, 3.05) is 19.5 Å². The second kappa shape index (κ2) is 5.85. The first-order valence-corrected chi connectivity index (χ1v) is 6.36. The maximum atomic E-state index is 11.8. The first kappa shape index (κ1) is 13.6. The SMILES string of the molecule is COc1ccc(NC(=O)c2nnc(Cl)s2)cc1OC. The fraction of sp³-hybridized carbons (Fsp3) is 0.182. The Morgan fingerprint density at radius 3 is 2.58 bits per heavy atom. The van der Waals surface area contributed by atoms with Gasteiger partial charge >= 0.3 is 0 Å². The predicted octanol–water partition coefficient (Wildman–Crippen LogP) is 2.46. The van der Waals surface area contributed by atoms with Gasteiger partial charge in [0.05, 0.1) is 14.2 Å². The number of hydrogen-bond acceptors (Lipinski definition) is 6. The van der Waals surface area contributed by atoms with E-state index in [1.165, 1.54) is 7.11 Å². The highest BCUT2D eigenvalue weighted by atomic mass is 35.5. The summed E-state index contributed by atoms with van der Waals surface area (Å²) >= 11 is 6.63. The lowest BCUT2D eigenvalue weighted by Crippen LogP contribution is -2.11. The number of rotatable bonds is 4. The third-order valence-electron chi connectivity index (χ3n) is 2.24. The summed E-state index contributed by atoms with van der Waals surface area (Å²) in [6.07, 6.45) is 0. The Hall–Kier alpha value is -1.86. The number of anilines is 1. The molecule has 0 aliphatic rings. The van der Waals surface area contributed by atoms with Crippen LogP contribution in [0.3, 0.4) is 0 Å². The molecule has 1 aromatic carbocycles. The van der Waals surface area contributed by atoms with Gasteiger partial charge in [0, 0.05) is 11.8 Å². The molecule has 1 aromatic heterocycles. The molecule has 0 bridgehead atoms. The molecule has 19 heavy (non-hydrogen) atoms. The van der Waals surface area contributed by atoms with E-state index in [4.69, 9.17) is 21.1 Å². The summed E-state index contributed by atoms with van der Waals surface area (Å²) in [5.74, 6) is 0.728. The van der Waals surface area contributed by atoms with E-state index in [0.717, 1.165) is 11.3 Å². The van der Waals surface area contributed by atoms with Gasteiger partial charge in [-0.3, -0.25) is 4.79 Å². The number of methoxy groups -OCH3 is 2. The fourth-order valence-electron chi connectivity index (χ4n) is 1.40. The Labute approximate surface area is 118 Å². The van der Waals surface area contributed by atoms with Gasteiger partial charge in [-0.05, 0) is 23.7 Å². The molecule has 2 aromatic rings. The second-order valence-electron chi connectivity index (χ2n) is 3.38. The maximum Gasteiger partial charge on any atom is 0.286 e. The van der Waals surface area contributed by atoms with E-state index in [9.17, 15) is 4.79 Å². The molecule has 0 saturated carbocycles. The summed E-state index contributed by atoms with van der Waals surface area (Å²) in [4.78, 5) is 11.8. The van der Waals surface area contributed by atoms with Gasteiger partial charge in [0.1, 0.15) is 0 Å². The number of amides is 1. The number of nitrogens with zero attached hydrogens (tertiary/aromatic N) is 2. The average Bonchev–Trinajstić information content (AvgIpc) is 2.85. The van der Waals surface area contributed by atoms with Gasteiger partial charge in [0.15, 0.2) is 11.5 Å². The Bertz CT molecular complexity index is 603. The van der Waals surface area contributed by atoms with Crippen molar-refractivity contribution in [2.24, 2.45) is 0 Å². The molecule has 0 radical (unpaired) electrons. The minimum Gasteiger partial charge on any atom is -0.493 e. The van der Waals surface area contributed by atoms with Crippen LogP contribution in [0.4, 0.5) is 5.69 Å². The van der Waals surface area contributed by atoms with Crippen LogP contribution in [-0.2, 0) is 0 Å².